The first-order chi connectivity index (χ1) is 11.9. The molecule has 0 aromatic carbocycles. The number of carbonyl (C=O) groups is 2. The zero-order valence-electron chi connectivity index (χ0n) is 15.7. The fourth-order valence-corrected chi connectivity index (χ4v) is 3.37. The van der Waals surface area contributed by atoms with Crippen molar-refractivity contribution in [2.24, 2.45) is 23.2 Å². The van der Waals surface area contributed by atoms with Crippen molar-refractivity contribution in [3.63, 3.8) is 0 Å². The molecular weight excluding hydrogens is 318 g/mol. The van der Waals surface area contributed by atoms with Crippen molar-refractivity contribution < 1.29 is 19.1 Å². The topological polar surface area (TPSA) is 64.6 Å². The molecule has 140 valence electrons. The van der Waals surface area contributed by atoms with Crippen molar-refractivity contribution in [1.82, 2.24) is 5.32 Å². The summed E-state index contributed by atoms with van der Waals surface area (Å²) >= 11 is 0. The van der Waals surface area contributed by atoms with Crippen LogP contribution in [-0.2, 0) is 14.3 Å². The quantitative estimate of drug-likeness (QED) is 0.540. The van der Waals surface area contributed by atoms with E-state index in [1.807, 2.05) is 20.8 Å². The molecule has 1 saturated carbocycles. The van der Waals surface area contributed by atoms with Gasteiger partial charge >= 0.3 is 6.09 Å². The number of alkyl carbamates (subject to hydrolysis) is 1. The minimum absolute atomic E-state index is 0.183. The van der Waals surface area contributed by atoms with Gasteiger partial charge in [-0.3, -0.25) is 4.79 Å². The average molecular weight is 349 g/mol. The molecule has 0 aromatic heterocycles. The molecule has 2 aliphatic rings. The Balaban J connectivity index is 1.48. The van der Waals surface area contributed by atoms with Gasteiger partial charge in [0.05, 0.1) is 19.8 Å². The van der Waals surface area contributed by atoms with Crippen molar-refractivity contribution in [3.05, 3.63) is 0 Å². The van der Waals surface area contributed by atoms with E-state index in [2.05, 4.69) is 17.2 Å². The number of nitrogens with one attached hydrogen (secondary N) is 1. The first kappa shape index (κ1) is 19.8. The van der Waals surface area contributed by atoms with Crippen molar-refractivity contribution in [1.29, 1.82) is 0 Å². The van der Waals surface area contributed by atoms with E-state index < -0.39 is 0 Å². The predicted molar refractivity (Wildman–Crippen MR) is 96.0 cm³/mol. The van der Waals surface area contributed by atoms with Gasteiger partial charge in [-0.25, -0.2) is 4.79 Å². The minimum Gasteiger partial charge on any atom is -0.449 e. The molecule has 3 atom stereocenters. The number of rotatable bonds is 8. The van der Waals surface area contributed by atoms with Crippen LogP contribution in [0, 0.1) is 35.0 Å². The van der Waals surface area contributed by atoms with Crippen molar-refractivity contribution in [3.8, 4) is 11.8 Å². The van der Waals surface area contributed by atoms with E-state index in [4.69, 9.17) is 9.47 Å². The number of hydrogen-bond donors (Lipinski definition) is 1. The SMILES string of the molecule is CC(C)(C)C(=O)CCOCCNC(=O)OCC1[C@H]2CCC#CCC[C@@H]12. The van der Waals surface area contributed by atoms with E-state index in [0.717, 1.165) is 25.7 Å². The number of amides is 1. The molecule has 1 fully saturated rings. The largest absolute Gasteiger partial charge is 0.449 e. The van der Waals surface area contributed by atoms with Crippen molar-refractivity contribution in [2.75, 3.05) is 26.4 Å². The Hall–Kier alpha value is -1.54. The van der Waals surface area contributed by atoms with Gasteiger partial charge in [0, 0.05) is 31.2 Å². The van der Waals surface area contributed by atoms with E-state index in [0.29, 0.717) is 50.5 Å². The van der Waals surface area contributed by atoms with E-state index in [1.54, 1.807) is 0 Å². The standard InChI is InChI=1S/C20H31NO4/c1-20(2,3)18(22)10-12-24-13-11-21-19(23)25-14-17-15-8-6-4-5-7-9-16(15)17/h15-17H,6-14H2,1-3H3,(H,21,23)/t15-,16+,17?. The van der Waals surface area contributed by atoms with Crippen molar-refractivity contribution in [2.45, 2.75) is 52.9 Å². The summed E-state index contributed by atoms with van der Waals surface area (Å²) in [5, 5.41) is 2.69. The Bertz CT molecular complexity index is 508. The lowest BCUT2D eigenvalue weighted by molar-refractivity contribution is -0.127. The summed E-state index contributed by atoms with van der Waals surface area (Å²) in [5.41, 5.74) is -0.324. The predicted octanol–water partition coefficient (Wildman–Crippen LogP) is 3.17. The average Bonchev–Trinajstić information content (AvgIpc) is 3.17. The second-order valence-corrected chi connectivity index (χ2v) is 7.98. The van der Waals surface area contributed by atoms with Gasteiger partial charge < -0.3 is 14.8 Å². The zero-order valence-corrected chi connectivity index (χ0v) is 15.7. The maximum atomic E-state index is 11.7. The van der Waals surface area contributed by atoms with Crippen LogP contribution in [0.3, 0.4) is 0 Å². The second kappa shape index (κ2) is 9.24. The van der Waals surface area contributed by atoms with Crippen LogP contribution in [0.5, 0.6) is 0 Å². The third kappa shape index (κ3) is 6.70. The Kier molecular flexibility index (Phi) is 7.31. The Morgan fingerprint density at radius 3 is 2.32 bits per heavy atom. The molecule has 0 bridgehead atoms. The Morgan fingerprint density at radius 1 is 1.08 bits per heavy atom. The molecule has 0 aromatic rings. The van der Waals surface area contributed by atoms with Crippen LogP contribution in [0.4, 0.5) is 4.79 Å². The molecular formula is C20H31NO4. The molecule has 1 N–H and O–H groups in total. The van der Waals surface area contributed by atoms with Crippen LogP contribution >= 0.6 is 0 Å². The molecule has 2 rings (SSSR count). The van der Waals surface area contributed by atoms with Gasteiger partial charge in [-0.05, 0) is 30.6 Å². The van der Waals surface area contributed by atoms with Crippen LogP contribution in [0.1, 0.15) is 52.9 Å². The lowest BCUT2D eigenvalue weighted by Crippen LogP contribution is -2.29. The number of fused-ring (bicyclic) bond motifs is 1. The number of Topliss-reactive ketones (excluding diaryl/α,β-unsaturated/α-hetero) is 1. The smallest absolute Gasteiger partial charge is 0.407 e. The number of ketones is 1. The van der Waals surface area contributed by atoms with Crippen LogP contribution < -0.4 is 5.32 Å². The second-order valence-electron chi connectivity index (χ2n) is 7.98. The molecule has 1 amide bonds. The summed E-state index contributed by atoms with van der Waals surface area (Å²) in [6, 6.07) is 0. The van der Waals surface area contributed by atoms with E-state index in [1.165, 1.54) is 0 Å². The molecule has 0 spiro atoms. The van der Waals surface area contributed by atoms with Crippen LogP contribution in [0.15, 0.2) is 0 Å². The van der Waals surface area contributed by atoms with Gasteiger partial charge in [0.2, 0.25) is 0 Å². The summed E-state index contributed by atoms with van der Waals surface area (Å²) in [7, 11) is 0. The zero-order chi connectivity index (χ0) is 18.3. The lowest BCUT2D eigenvalue weighted by Gasteiger charge is -2.16. The third-order valence-electron chi connectivity index (χ3n) is 5.07. The summed E-state index contributed by atoms with van der Waals surface area (Å²) in [6.07, 6.45) is 4.23. The summed E-state index contributed by atoms with van der Waals surface area (Å²) in [5.74, 6) is 8.43. The highest BCUT2D eigenvalue weighted by molar-refractivity contribution is 5.83. The van der Waals surface area contributed by atoms with Gasteiger partial charge in [0.15, 0.2) is 0 Å². The van der Waals surface area contributed by atoms with E-state index >= 15 is 0 Å². The highest BCUT2D eigenvalue weighted by Gasteiger charge is 2.49. The highest BCUT2D eigenvalue weighted by Crippen LogP contribution is 2.52. The number of ether oxygens (including phenoxy) is 2. The Morgan fingerprint density at radius 2 is 1.72 bits per heavy atom. The summed E-state index contributed by atoms with van der Waals surface area (Å²) < 4.78 is 10.7. The molecule has 25 heavy (non-hydrogen) atoms. The van der Waals surface area contributed by atoms with Crippen LogP contribution in [0.25, 0.3) is 0 Å². The molecule has 5 nitrogen and oxygen atoms in total. The van der Waals surface area contributed by atoms with E-state index in [-0.39, 0.29) is 17.3 Å². The molecule has 0 radical (unpaired) electrons. The van der Waals surface area contributed by atoms with Gasteiger partial charge in [0.1, 0.15) is 5.78 Å². The van der Waals surface area contributed by atoms with Gasteiger partial charge in [-0.15, -0.1) is 11.8 Å². The van der Waals surface area contributed by atoms with Gasteiger partial charge in [0.25, 0.3) is 0 Å². The maximum absolute atomic E-state index is 11.7. The van der Waals surface area contributed by atoms with Gasteiger partial charge in [-0.1, -0.05) is 20.8 Å². The first-order valence-corrected chi connectivity index (χ1v) is 9.37. The molecule has 0 saturated heterocycles. The van der Waals surface area contributed by atoms with Gasteiger partial charge in [-0.2, -0.15) is 0 Å². The van der Waals surface area contributed by atoms with Crippen molar-refractivity contribution >= 4 is 11.9 Å². The van der Waals surface area contributed by atoms with Crippen LogP contribution in [0.2, 0.25) is 0 Å². The monoisotopic (exact) mass is 349 g/mol. The molecule has 0 heterocycles. The fraction of sp³-hybridized carbons (Fsp3) is 0.800. The normalized spacial score (nSPS) is 24.8. The van der Waals surface area contributed by atoms with Crippen LogP contribution in [-0.4, -0.2) is 38.2 Å². The fourth-order valence-electron chi connectivity index (χ4n) is 3.37. The molecule has 1 unspecified atom stereocenters. The maximum Gasteiger partial charge on any atom is 0.407 e. The third-order valence-corrected chi connectivity index (χ3v) is 5.07. The number of carbonyl (C=O) groups excluding carboxylic acids is 2. The minimum atomic E-state index is -0.384. The van der Waals surface area contributed by atoms with E-state index in [9.17, 15) is 9.59 Å². The highest BCUT2D eigenvalue weighted by atomic mass is 16.5. The lowest BCUT2D eigenvalue weighted by atomic mass is 9.89. The Labute approximate surface area is 151 Å². The molecule has 2 aliphatic carbocycles. The molecule has 5 heteroatoms. The first-order valence-electron chi connectivity index (χ1n) is 9.37. The summed E-state index contributed by atoms with van der Waals surface area (Å²) in [6.45, 7) is 7.38. The summed E-state index contributed by atoms with van der Waals surface area (Å²) in [4.78, 5) is 23.5. The number of hydrogen-bond acceptors (Lipinski definition) is 4. The molecule has 0 aliphatic heterocycles.